The predicted molar refractivity (Wildman–Crippen MR) is 109 cm³/mol. The average Bonchev–Trinajstić information content (AvgIpc) is 2.64. The number of ether oxygens (including phenoxy) is 2. The minimum atomic E-state index is -0.577. The van der Waals surface area contributed by atoms with Crippen molar-refractivity contribution in [3.8, 4) is 11.5 Å². The van der Waals surface area contributed by atoms with Crippen LogP contribution in [0.5, 0.6) is 11.5 Å². The van der Waals surface area contributed by atoms with Gasteiger partial charge in [-0.05, 0) is 48.9 Å². The fourth-order valence-electron chi connectivity index (χ4n) is 2.15. The van der Waals surface area contributed by atoms with Crippen molar-refractivity contribution in [2.75, 3.05) is 19.4 Å². The van der Waals surface area contributed by atoms with Crippen molar-refractivity contribution in [3.63, 3.8) is 0 Å². The first-order valence-electron chi connectivity index (χ1n) is 8.10. The Bertz CT molecular complexity index is 705. The summed E-state index contributed by atoms with van der Waals surface area (Å²) in [5, 5.41) is 4.19. The molecule has 0 aliphatic heterocycles. The highest BCUT2D eigenvalue weighted by Crippen LogP contribution is 2.28. The number of benzene rings is 2. The largest absolute Gasteiger partial charge is 0.497 e. The third-order valence-corrected chi connectivity index (χ3v) is 5.29. The van der Waals surface area contributed by atoms with Crippen molar-refractivity contribution in [2.24, 2.45) is 0 Å². The van der Waals surface area contributed by atoms with Crippen LogP contribution in [0.1, 0.15) is 12.5 Å². The molecule has 0 aliphatic carbocycles. The van der Waals surface area contributed by atoms with Crippen LogP contribution in [0, 0.1) is 0 Å². The number of nitrogens with one attached hydrogen (secondary N) is 1. The number of thioether (sulfide) groups is 1. The Morgan fingerprint density at radius 3 is 2.35 bits per heavy atom. The van der Waals surface area contributed by atoms with E-state index in [0.717, 1.165) is 17.1 Å². The average molecular weight is 414 g/mol. The summed E-state index contributed by atoms with van der Waals surface area (Å²) in [4.78, 5) is 12.1. The molecule has 7 heteroatoms. The van der Waals surface area contributed by atoms with Gasteiger partial charge >= 0.3 is 0 Å². The van der Waals surface area contributed by atoms with E-state index in [1.54, 1.807) is 50.1 Å². The van der Waals surface area contributed by atoms with Gasteiger partial charge in [-0.2, -0.15) is 11.8 Å². The van der Waals surface area contributed by atoms with Crippen molar-refractivity contribution >= 4 is 40.9 Å². The molecular weight excluding hydrogens is 393 g/mol. The van der Waals surface area contributed by atoms with Gasteiger partial charge in [-0.1, -0.05) is 29.3 Å². The maximum Gasteiger partial charge on any atom is 0.260 e. The van der Waals surface area contributed by atoms with Gasteiger partial charge in [0.05, 0.1) is 7.11 Å². The molecule has 0 bridgehead atoms. The first-order valence-corrected chi connectivity index (χ1v) is 10.0. The Kier molecular flexibility index (Phi) is 8.42. The molecule has 4 nitrogen and oxygen atoms in total. The van der Waals surface area contributed by atoms with Gasteiger partial charge in [0, 0.05) is 28.1 Å². The van der Waals surface area contributed by atoms with Gasteiger partial charge in [-0.15, -0.1) is 0 Å². The quantitative estimate of drug-likeness (QED) is 0.598. The number of carbonyl (C=O) groups excluding carboxylic acids is 1. The lowest BCUT2D eigenvalue weighted by Crippen LogP contribution is -2.37. The third-order valence-electron chi connectivity index (χ3n) is 3.60. The molecule has 1 N–H and O–H groups in total. The lowest BCUT2D eigenvalue weighted by atomic mass is 10.2. The monoisotopic (exact) mass is 413 g/mol. The summed E-state index contributed by atoms with van der Waals surface area (Å²) in [7, 11) is 1.60. The number of methoxy groups -OCH3 is 1. The van der Waals surface area contributed by atoms with E-state index in [-0.39, 0.29) is 5.91 Å². The molecule has 1 unspecified atom stereocenters. The molecule has 0 fully saturated rings. The van der Waals surface area contributed by atoms with Crippen LogP contribution in [-0.2, 0) is 10.5 Å². The highest BCUT2D eigenvalue weighted by Gasteiger charge is 2.14. The Morgan fingerprint density at radius 1 is 1.12 bits per heavy atom. The zero-order valence-corrected chi connectivity index (χ0v) is 17.0. The van der Waals surface area contributed by atoms with Crippen molar-refractivity contribution in [3.05, 3.63) is 58.1 Å². The summed E-state index contributed by atoms with van der Waals surface area (Å²) >= 11 is 13.9. The van der Waals surface area contributed by atoms with Gasteiger partial charge in [-0.3, -0.25) is 4.79 Å². The Labute approximate surface area is 168 Å². The Balaban J connectivity index is 1.69. The Hall–Kier alpha value is -1.56. The second kappa shape index (κ2) is 10.6. The van der Waals surface area contributed by atoms with Crippen molar-refractivity contribution in [1.82, 2.24) is 5.32 Å². The molecule has 1 amide bonds. The topological polar surface area (TPSA) is 47.6 Å². The van der Waals surface area contributed by atoms with E-state index in [1.807, 2.05) is 18.2 Å². The lowest BCUT2D eigenvalue weighted by Gasteiger charge is -2.15. The SMILES string of the molecule is COc1ccc(OC(C)C(=O)NCCSCc2c(Cl)cccc2Cl)cc1. The van der Waals surface area contributed by atoms with Crippen LogP contribution in [-0.4, -0.2) is 31.4 Å². The van der Waals surface area contributed by atoms with Gasteiger partial charge in [0.15, 0.2) is 6.10 Å². The summed E-state index contributed by atoms with van der Waals surface area (Å²) in [6.07, 6.45) is -0.577. The molecular formula is C19H21Cl2NO3S. The second-order valence-electron chi connectivity index (χ2n) is 5.48. The number of halogens is 2. The van der Waals surface area contributed by atoms with E-state index >= 15 is 0 Å². The highest BCUT2D eigenvalue weighted by molar-refractivity contribution is 7.98. The van der Waals surface area contributed by atoms with Gasteiger partial charge in [0.25, 0.3) is 5.91 Å². The lowest BCUT2D eigenvalue weighted by molar-refractivity contribution is -0.127. The van der Waals surface area contributed by atoms with E-state index in [9.17, 15) is 4.79 Å². The third kappa shape index (κ3) is 6.31. The van der Waals surface area contributed by atoms with E-state index in [2.05, 4.69) is 5.32 Å². The molecule has 0 aliphatic rings. The number of hydrogen-bond donors (Lipinski definition) is 1. The molecule has 0 radical (unpaired) electrons. The normalized spacial score (nSPS) is 11.7. The number of amides is 1. The highest BCUT2D eigenvalue weighted by atomic mass is 35.5. The van der Waals surface area contributed by atoms with Crippen LogP contribution in [0.25, 0.3) is 0 Å². The van der Waals surface area contributed by atoms with Crippen molar-refractivity contribution in [1.29, 1.82) is 0 Å². The van der Waals surface area contributed by atoms with Gasteiger partial charge < -0.3 is 14.8 Å². The summed E-state index contributed by atoms with van der Waals surface area (Å²) < 4.78 is 10.7. The fourth-order valence-corrected chi connectivity index (χ4v) is 3.74. The first-order chi connectivity index (χ1) is 12.5. The number of rotatable bonds is 9. The maximum atomic E-state index is 12.1. The minimum absolute atomic E-state index is 0.155. The van der Waals surface area contributed by atoms with Gasteiger partial charge in [-0.25, -0.2) is 0 Å². The van der Waals surface area contributed by atoms with Crippen LogP contribution >= 0.6 is 35.0 Å². The number of hydrogen-bond acceptors (Lipinski definition) is 4. The summed E-state index contributed by atoms with van der Waals surface area (Å²) in [6.45, 7) is 2.26. The van der Waals surface area contributed by atoms with E-state index in [1.165, 1.54) is 0 Å². The van der Waals surface area contributed by atoms with E-state index < -0.39 is 6.10 Å². The van der Waals surface area contributed by atoms with Crippen LogP contribution in [0.2, 0.25) is 10.0 Å². The van der Waals surface area contributed by atoms with E-state index in [0.29, 0.717) is 28.1 Å². The first kappa shape index (κ1) is 20.7. The zero-order chi connectivity index (χ0) is 18.9. The molecule has 2 aromatic rings. The van der Waals surface area contributed by atoms with E-state index in [4.69, 9.17) is 32.7 Å². The molecule has 0 heterocycles. The summed E-state index contributed by atoms with van der Waals surface area (Å²) in [5.74, 6) is 2.66. The maximum absolute atomic E-state index is 12.1. The molecule has 0 aromatic heterocycles. The molecule has 2 aromatic carbocycles. The second-order valence-corrected chi connectivity index (χ2v) is 7.40. The number of carbonyl (C=O) groups is 1. The fraction of sp³-hybridized carbons (Fsp3) is 0.316. The van der Waals surface area contributed by atoms with Crippen molar-refractivity contribution < 1.29 is 14.3 Å². The molecule has 140 valence electrons. The van der Waals surface area contributed by atoms with Crippen LogP contribution in [0.15, 0.2) is 42.5 Å². The predicted octanol–water partition coefficient (Wildman–Crippen LogP) is 4.82. The summed E-state index contributed by atoms with van der Waals surface area (Å²) in [5.41, 5.74) is 0.920. The summed E-state index contributed by atoms with van der Waals surface area (Å²) in [6, 6.07) is 12.6. The Morgan fingerprint density at radius 2 is 1.73 bits per heavy atom. The smallest absolute Gasteiger partial charge is 0.260 e. The molecule has 26 heavy (non-hydrogen) atoms. The van der Waals surface area contributed by atoms with Crippen LogP contribution < -0.4 is 14.8 Å². The molecule has 2 rings (SSSR count). The van der Waals surface area contributed by atoms with Crippen molar-refractivity contribution in [2.45, 2.75) is 18.8 Å². The molecule has 0 saturated carbocycles. The molecule has 0 saturated heterocycles. The van der Waals surface area contributed by atoms with Gasteiger partial charge in [0.2, 0.25) is 0 Å². The van der Waals surface area contributed by atoms with Gasteiger partial charge in [0.1, 0.15) is 11.5 Å². The van der Waals surface area contributed by atoms with Crippen LogP contribution in [0.3, 0.4) is 0 Å². The zero-order valence-electron chi connectivity index (χ0n) is 14.6. The molecule has 0 spiro atoms. The van der Waals surface area contributed by atoms with Crippen LogP contribution in [0.4, 0.5) is 0 Å². The standard InChI is InChI=1S/C19H21Cl2NO3S/c1-13(25-15-8-6-14(24-2)7-9-15)19(23)22-10-11-26-12-16-17(20)4-3-5-18(16)21/h3-9,13H,10-12H2,1-2H3,(H,22,23). The minimum Gasteiger partial charge on any atom is -0.497 e. The molecule has 1 atom stereocenters.